The van der Waals surface area contributed by atoms with Crippen LogP contribution in [0.15, 0.2) is 35.7 Å². The number of carbonyl (C=O) groups is 1. The van der Waals surface area contributed by atoms with Crippen LogP contribution in [0.5, 0.6) is 0 Å². The summed E-state index contributed by atoms with van der Waals surface area (Å²) in [6.07, 6.45) is 2.12. The van der Waals surface area contributed by atoms with Crippen molar-refractivity contribution in [2.75, 3.05) is 18.4 Å². The van der Waals surface area contributed by atoms with Crippen molar-refractivity contribution in [3.63, 3.8) is 0 Å². The van der Waals surface area contributed by atoms with E-state index in [0.29, 0.717) is 23.2 Å². The first-order valence-electron chi connectivity index (χ1n) is 9.23. The van der Waals surface area contributed by atoms with Gasteiger partial charge in [0.1, 0.15) is 0 Å². The minimum Gasteiger partial charge on any atom is -0.350 e. The minimum atomic E-state index is -0.00171. The topological polar surface area (TPSA) is 58.1 Å². The van der Waals surface area contributed by atoms with Crippen LogP contribution in [0, 0.1) is 0 Å². The zero-order valence-corrected chi connectivity index (χ0v) is 17.1. The molecule has 2 aromatic heterocycles. The Morgan fingerprint density at radius 1 is 1.22 bits per heavy atom. The van der Waals surface area contributed by atoms with Crippen LogP contribution in [0.3, 0.4) is 0 Å². The van der Waals surface area contributed by atoms with E-state index in [2.05, 4.69) is 15.3 Å². The molecule has 0 radical (unpaired) electrons. The van der Waals surface area contributed by atoms with E-state index in [0.717, 1.165) is 41.7 Å². The highest BCUT2D eigenvalue weighted by molar-refractivity contribution is 7.17. The fourth-order valence-corrected chi connectivity index (χ4v) is 4.01. The van der Waals surface area contributed by atoms with Crippen molar-refractivity contribution < 1.29 is 4.79 Å². The van der Waals surface area contributed by atoms with Gasteiger partial charge in [-0.05, 0) is 42.0 Å². The number of anilines is 1. The second kappa shape index (κ2) is 9.15. The molecule has 0 saturated carbocycles. The van der Waals surface area contributed by atoms with E-state index in [9.17, 15) is 4.79 Å². The van der Waals surface area contributed by atoms with Crippen molar-refractivity contribution in [3.8, 4) is 0 Å². The van der Waals surface area contributed by atoms with Crippen molar-refractivity contribution in [3.05, 3.63) is 52.0 Å². The normalized spacial score (nSPS) is 13.4. The number of fused-ring (bicyclic) bond motifs is 1. The van der Waals surface area contributed by atoms with Gasteiger partial charge in [-0.1, -0.05) is 37.6 Å². The summed E-state index contributed by atoms with van der Waals surface area (Å²) in [6.45, 7) is 6.16. The smallest absolute Gasteiger partial charge is 0.274 e. The van der Waals surface area contributed by atoms with Crippen molar-refractivity contribution in [1.82, 2.24) is 14.9 Å². The standard InChI is InChI=1S/C18H17ClN4OS.C2H6/c19-13-5-3-4-12(10-13)11-20-18-21-14-6-9-25-16(14)15(22-18)17(24)23-7-1-2-8-23;1-2/h3-6,9-10H,1-2,7-8,11H2,(H,20,21,22);1-2H3. The van der Waals surface area contributed by atoms with Crippen molar-refractivity contribution in [2.45, 2.75) is 33.2 Å². The number of aromatic nitrogens is 2. The Morgan fingerprint density at radius 2 is 2.00 bits per heavy atom. The summed E-state index contributed by atoms with van der Waals surface area (Å²) in [7, 11) is 0. The summed E-state index contributed by atoms with van der Waals surface area (Å²) in [4.78, 5) is 23.8. The molecular weight excluding hydrogens is 380 g/mol. The molecule has 1 aliphatic rings. The Bertz CT molecular complexity index is 921. The maximum atomic E-state index is 12.8. The number of nitrogens with zero attached hydrogens (tertiary/aromatic N) is 3. The van der Waals surface area contributed by atoms with Gasteiger partial charge in [-0.3, -0.25) is 4.79 Å². The molecule has 5 nitrogen and oxygen atoms in total. The average Bonchev–Trinajstić information content (AvgIpc) is 3.38. The number of amides is 1. The third-order valence-electron chi connectivity index (χ3n) is 4.24. The lowest BCUT2D eigenvalue weighted by molar-refractivity contribution is 0.0789. The summed E-state index contributed by atoms with van der Waals surface area (Å²) in [6, 6.07) is 9.55. The molecule has 7 heteroatoms. The number of benzene rings is 1. The van der Waals surface area contributed by atoms with Crippen LogP contribution in [-0.4, -0.2) is 33.9 Å². The molecule has 4 rings (SSSR count). The number of rotatable bonds is 4. The van der Waals surface area contributed by atoms with Gasteiger partial charge in [0.15, 0.2) is 5.69 Å². The van der Waals surface area contributed by atoms with Crippen molar-refractivity contribution in [2.24, 2.45) is 0 Å². The molecule has 1 amide bonds. The number of halogens is 1. The Kier molecular flexibility index (Phi) is 6.63. The fraction of sp³-hybridized carbons (Fsp3) is 0.350. The van der Waals surface area contributed by atoms with Crippen LogP contribution in [0.4, 0.5) is 5.95 Å². The molecule has 1 N–H and O–H groups in total. The number of hydrogen-bond donors (Lipinski definition) is 1. The van der Waals surface area contributed by atoms with Crippen LogP contribution in [0.1, 0.15) is 42.7 Å². The van der Waals surface area contributed by atoms with Gasteiger partial charge < -0.3 is 10.2 Å². The molecule has 0 aliphatic carbocycles. The maximum absolute atomic E-state index is 12.8. The molecular formula is C20H23ClN4OS. The molecule has 1 aliphatic heterocycles. The highest BCUT2D eigenvalue weighted by Crippen LogP contribution is 2.26. The molecule has 1 fully saturated rings. The van der Waals surface area contributed by atoms with Crippen molar-refractivity contribution in [1.29, 1.82) is 0 Å². The first-order chi connectivity index (χ1) is 13.2. The first kappa shape index (κ1) is 19.6. The van der Waals surface area contributed by atoms with E-state index < -0.39 is 0 Å². The van der Waals surface area contributed by atoms with Crippen LogP contribution < -0.4 is 5.32 Å². The highest BCUT2D eigenvalue weighted by Gasteiger charge is 2.24. The maximum Gasteiger partial charge on any atom is 0.274 e. The van der Waals surface area contributed by atoms with E-state index in [1.165, 1.54) is 11.3 Å². The molecule has 0 spiro atoms. The molecule has 0 unspecified atom stereocenters. The zero-order chi connectivity index (χ0) is 19.2. The SMILES string of the molecule is CC.O=C(c1nc(NCc2cccc(Cl)c2)nc2ccsc12)N1CCCC1. The monoisotopic (exact) mass is 402 g/mol. The largest absolute Gasteiger partial charge is 0.350 e. The minimum absolute atomic E-state index is 0.00171. The van der Waals surface area contributed by atoms with E-state index in [-0.39, 0.29) is 5.91 Å². The second-order valence-electron chi connectivity index (χ2n) is 6.01. The Labute approximate surface area is 168 Å². The van der Waals surface area contributed by atoms with Crippen molar-refractivity contribution >= 4 is 45.0 Å². The summed E-state index contributed by atoms with van der Waals surface area (Å²) in [5.41, 5.74) is 2.33. The number of carbonyl (C=O) groups excluding carboxylic acids is 1. The van der Waals surface area contributed by atoms with Gasteiger partial charge in [0, 0.05) is 24.7 Å². The fourth-order valence-electron chi connectivity index (χ4n) is 2.99. The van der Waals surface area contributed by atoms with Gasteiger partial charge in [-0.2, -0.15) is 0 Å². The number of thiophene rings is 1. The zero-order valence-electron chi connectivity index (χ0n) is 15.5. The molecule has 142 valence electrons. The van der Waals surface area contributed by atoms with Crippen LogP contribution in [-0.2, 0) is 6.54 Å². The van der Waals surface area contributed by atoms with Gasteiger partial charge in [0.2, 0.25) is 5.95 Å². The molecule has 1 aromatic carbocycles. The lowest BCUT2D eigenvalue weighted by Crippen LogP contribution is -2.28. The Hall–Kier alpha value is -2.18. The Balaban J connectivity index is 0.00000102. The Morgan fingerprint density at radius 3 is 2.74 bits per heavy atom. The molecule has 0 atom stereocenters. The summed E-state index contributed by atoms with van der Waals surface area (Å²) in [5, 5.41) is 5.85. The van der Waals surface area contributed by atoms with E-state index in [4.69, 9.17) is 11.6 Å². The third kappa shape index (κ3) is 4.57. The van der Waals surface area contributed by atoms with Crippen LogP contribution in [0.2, 0.25) is 5.02 Å². The molecule has 1 saturated heterocycles. The van der Waals surface area contributed by atoms with Gasteiger partial charge in [0.25, 0.3) is 5.91 Å². The molecule has 0 bridgehead atoms. The molecule has 27 heavy (non-hydrogen) atoms. The van der Waals surface area contributed by atoms with E-state index in [1.807, 2.05) is 54.5 Å². The van der Waals surface area contributed by atoms with Crippen LogP contribution >= 0.6 is 22.9 Å². The summed E-state index contributed by atoms with van der Waals surface area (Å²) in [5.74, 6) is 0.464. The van der Waals surface area contributed by atoms with E-state index in [1.54, 1.807) is 0 Å². The highest BCUT2D eigenvalue weighted by atomic mass is 35.5. The van der Waals surface area contributed by atoms with Gasteiger partial charge >= 0.3 is 0 Å². The lowest BCUT2D eigenvalue weighted by Gasteiger charge is -2.15. The first-order valence-corrected chi connectivity index (χ1v) is 10.5. The predicted octanol–water partition coefficient (Wildman–Crippen LogP) is 5.22. The summed E-state index contributed by atoms with van der Waals surface area (Å²) < 4.78 is 0.852. The van der Waals surface area contributed by atoms with Gasteiger partial charge in [-0.25, -0.2) is 9.97 Å². The molecule has 3 aromatic rings. The summed E-state index contributed by atoms with van der Waals surface area (Å²) >= 11 is 7.53. The number of nitrogens with one attached hydrogen (secondary N) is 1. The lowest BCUT2D eigenvalue weighted by atomic mass is 10.2. The van der Waals surface area contributed by atoms with Gasteiger partial charge in [-0.15, -0.1) is 11.3 Å². The number of hydrogen-bond acceptors (Lipinski definition) is 5. The predicted molar refractivity (Wildman–Crippen MR) is 113 cm³/mol. The van der Waals surface area contributed by atoms with E-state index >= 15 is 0 Å². The quantitative estimate of drug-likeness (QED) is 0.650. The third-order valence-corrected chi connectivity index (χ3v) is 5.38. The van der Waals surface area contributed by atoms with Crippen LogP contribution in [0.25, 0.3) is 10.2 Å². The second-order valence-corrected chi connectivity index (χ2v) is 7.37. The number of likely N-dealkylation sites (tertiary alicyclic amines) is 1. The van der Waals surface area contributed by atoms with Gasteiger partial charge in [0.05, 0.1) is 10.2 Å². The average molecular weight is 403 g/mol. The molecule has 3 heterocycles.